The maximum absolute atomic E-state index is 15.6. The minimum Gasteiger partial charge on any atom is -0.300 e. The van der Waals surface area contributed by atoms with E-state index in [1.165, 1.54) is 12.5 Å². The Balaban J connectivity index is 1.56. The summed E-state index contributed by atoms with van der Waals surface area (Å²) in [6.45, 7) is 3.14. The number of piperidine rings is 1. The second-order valence-electron chi connectivity index (χ2n) is 9.33. The van der Waals surface area contributed by atoms with Gasteiger partial charge in [0, 0.05) is 30.7 Å². The highest BCUT2D eigenvalue weighted by atomic mass is 19.1. The summed E-state index contributed by atoms with van der Waals surface area (Å²) in [6.07, 6.45) is 4.38. The molecule has 31 heavy (non-hydrogen) atoms. The number of rotatable bonds is 5. The van der Waals surface area contributed by atoms with Crippen LogP contribution in [-0.2, 0) is 0 Å². The number of hydrogen-bond acceptors (Lipinski definition) is 6. The van der Waals surface area contributed by atoms with Gasteiger partial charge in [0.15, 0.2) is 0 Å². The second-order valence-corrected chi connectivity index (χ2v) is 9.33. The van der Waals surface area contributed by atoms with Gasteiger partial charge in [0.2, 0.25) is 0 Å². The van der Waals surface area contributed by atoms with E-state index in [0.717, 1.165) is 25.8 Å². The van der Waals surface area contributed by atoms with Gasteiger partial charge in [-0.1, -0.05) is 0 Å². The third-order valence-corrected chi connectivity index (χ3v) is 7.70. The van der Waals surface area contributed by atoms with Gasteiger partial charge >= 0.3 is 5.69 Å². The zero-order chi connectivity index (χ0) is 21.4. The molecule has 162 valence electrons. The Morgan fingerprint density at radius 3 is 2.74 bits per heavy atom. The zero-order valence-corrected chi connectivity index (χ0v) is 17.4. The van der Waals surface area contributed by atoms with Crippen LogP contribution in [0.3, 0.4) is 0 Å². The molecule has 6 rings (SSSR count). The molecule has 2 aliphatic carbocycles. The first kappa shape index (κ1) is 19.0. The van der Waals surface area contributed by atoms with E-state index in [1.54, 1.807) is 11.5 Å². The van der Waals surface area contributed by atoms with E-state index in [0.29, 0.717) is 41.2 Å². The largest absolute Gasteiger partial charge is 0.329 e. The van der Waals surface area contributed by atoms with E-state index in [4.69, 9.17) is 0 Å². The molecule has 0 spiro atoms. The molecule has 2 aromatic rings. The summed E-state index contributed by atoms with van der Waals surface area (Å²) in [5.74, 6) is 0.602. The summed E-state index contributed by atoms with van der Waals surface area (Å²) in [7, 11) is 0. The fraction of sp³-hybridized carbons (Fsp3) is 0.591. The molecule has 1 aromatic carbocycles. The van der Waals surface area contributed by atoms with Crippen LogP contribution in [0.1, 0.15) is 43.7 Å². The van der Waals surface area contributed by atoms with E-state index in [-0.39, 0.29) is 24.0 Å². The highest BCUT2D eigenvalue weighted by Gasteiger charge is 2.59. The summed E-state index contributed by atoms with van der Waals surface area (Å²) in [5, 5.41) is 17.2. The minimum absolute atomic E-state index is 0.0388. The van der Waals surface area contributed by atoms with Gasteiger partial charge in [-0.25, -0.2) is 14.2 Å². The van der Waals surface area contributed by atoms with Crippen molar-refractivity contribution in [3.8, 4) is 6.07 Å². The Labute approximate surface area is 178 Å². The van der Waals surface area contributed by atoms with Crippen LogP contribution in [0.25, 0.3) is 10.9 Å². The fourth-order valence-electron chi connectivity index (χ4n) is 6.38. The quantitative estimate of drug-likeness (QED) is 0.759. The molecule has 0 radical (unpaired) electrons. The lowest BCUT2D eigenvalue weighted by atomic mass is 10.0. The van der Waals surface area contributed by atoms with Gasteiger partial charge in [-0.15, -0.1) is 0 Å². The molecular formula is C22H25FN6O2. The van der Waals surface area contributed by atoms with E-state index >= 15 is 4.39 Å². The maximum Gasteiger partial charge on any atom is 0.329 e. The minimum atomic E-state index is -0.560. The summed E-state index contributed by atoms with van der Waals surface area (Å²) < 4.78 is 17.2. The number of anilines is 1. The van der Waals surface area contributed by atoms with Gasteiger partial charge in [0.05, 0.1) is 35.2 Å². The number of nitriles is 1. The first-order valence-electron chi connectivity index (χ1n) is 11.1. The standard InChI is InChI=1S/C22H25FN6O2/c1-11-18-14(21(30)26-22(31)28(18)12-3-4-12)9-16(23)19(11)27(8-2-7-24)29-17-6-5-13-15(17)10-25-20(13)29/h9,12-13,15,17,20,25H,2-6,8,10H2,1H3,(H,26,30,31). The molecule has 1 aromatic heterocycles. The van der Waals surface area contributed by atoms with Gasteiger partial charge in [-0.3, -0.25) is 24.7 Å². The second kappa shape index (κ2) is 6.65. The van der Waals surface area contributed by atoms with E-state index in [9.17, 15) is 14.9 Å². The van der Waals surface area contributed by atoms with E-state index in [1.807, 2.05) is 5.01 Å². The Hall–Kier alpha value is -2.70. The van der Waals surface area contributed by atoms with Crippen molar-refractivity contribution >= 4 is 16.6 Å². The number of nitrogens with one attached hydrogen (secondary N) is 2. The maximum atomic E-state index is 15.6. The molecule has 0 amide bonds. The van der Waals surface area contributed by atoms with E-state index in [2.05, 4.69) is 21.4 Å². The number of aryl methyl sites for hydroxylation is 1. The molecule has 9 heteroatoms. The lowest BCUT2D eigenvalue weighted by Gasteiger charge is -2.46. The first-order valence-corrected chi connectivity index (χ1v) is 11.1. The smallest absolute Gasteiger partial charge is 0.300 e. The molecule has 2 aliphatic heterocycles. The molecule has 4 bridgehead atoms. The number of nitrogens with zero attached hydrogens (tertiary/aromatic N) is 4. The van der Waals surface area contributed by atoms with Crippen LogP contribution in [0.2, 0.25) is 0 Å². The molecule has 4 fully saturated rings. The van der Waals surface area contributed by atoms with Crippen LogP contribution >= 0.6 is 0 Å². The van der Waals surface area contributed by atoms with Crippen LogP contribution in [0.5, 0.6) is 0 Å². The molecule has 4 atom stereocenters. The van der Waals surface area contributed by atoms with Crippen LogP contribution in [0.4, 0.5) is 10.1 Å². The normalized spacial score (nSPS) is 29.1. The monoisotopic (exact) mass is 424 g/mol. The molecule has 2 saturated carbocycles. The highest BCUT2D eigenvalue weighted by molar-refractivity contribution is 5.87. The molecule has 8 nitrogen and oxygen atoms in total. The molecule has 4 unspecified atom stereocenters. The molecule has 4 aliphatic rings. The fourth-order valence-corrected chi connectivity index (χ4v) is 6.38. The number of hydrazine groups is 1. The Kier molecular flexibility index (Phi) is 4.08. The van der Waals surface area contributed by atoms with Crippen molar-refractivity contribution in [2.75, 3.05) is 18.1 Å². The van der Waals surface area contributed by atoms with Crippen LogP contribution < -0.4 is 21.6 Å². The number of fused-ring (bicyclic) bond motifs is 1. The summed E-state index contributed by atoms with van der Waals surface area (Å²) >= 11 is 0. The number of aromatic nitrogens is 2. The van der Waals surface area contributed by atoms with Crippen LogP contribution in [0, 0.1) is 35.9 Å². The van der Waals surface area contributed by atoms with Gasteiger partial charge < -0.3 is 0 Å². The number of hydrogen-bond donors (Lipinski definition) is 2. The van der Waals surface area contributed by atoms with Crippen LogP contribution in [-0.4, -0.2) is 39.9 Å². The van der Waals surface area contributed by atoms with Gasteiger partial charge in [0.25, 0.3) is 5.56 Å². The summed E-state index contributed by atoms with van der Waals surface area (Å²) in [6, 6.07) is 3.82. The molecule has 2 saturated heterocycles. The third-order valence-electron chi connectivity index (χ3n) is 7.70. The highest BCUT2D eigenvalue weighted by Crippen LogP contribution is 2.51. The average Bonchev–Trinajstić information content (AvgIpc) is 3.27. The topological polar surface area (TPSA) is 97.2 Å². The first-order chi connectivity index (χ1) is 15.0. The number of aromatic amines is 1. The predicted octanol–water partition coefficient (Wildman–Crippen LogP) is 1.75. The van der Waals surface area contributed by atoms with Gasteiger partial charge in [0.1, 0.15) is 5.82 Å². The average molecular weight is 424 g/mol. The molecule has 3 heterocycles. The van der Waals surface area contributed by atoms with Crippen LogP contribution in [0.15, 0.2) is 15.7 Å². The lowest BCUT2D eigenvalue weighted by molar-refractivity contribution is 0.0838. The van der Waals surface area contributed by atoms with Crippen molar-refractivity contribution in [2.45, 2.75) is 57.3 Å². The van der Waals surface area contributed by atoms with Gasteiger partial charge in [-0.05, 0) is 50.5 Å². The summed E-state index contributed by atoms with van der Waals surface area (Å²) in [4.78, 5) is 27.5. The van der Waals surface area contributed by atoms with Crippen molar-refractivity contribution in [1.82, 2.24) is 19.9 Å². The van der Waals surface area contributed by atoms with Crippen molar-refractivity contribution < 1.29 is 4.39 Å². The van der Waals surface area contributed by atoms with Crippen molar-refractivity contribution in [2.24, 2.45) is 11.8 Å². The van der Waals surface area contributed by atoms with Crippen molar-refractivity contribution in [3.63, 3.8) is 0 Å². The Bertz CT molecular complexity index is 1220. The lowest BCUT2D eigenvalue weighted by Crippen LogP contribution is -2.60. The summed E-state index contributed by atoms with van der Waals surface area (Å²) in [5.41, 5.74) is 0.473. The molecule has 2 N–H and O–H groups in total. The Morgan fingerprint density at radius 1 is 1.26 bits per heavy atom. The van der Waals surface area contributed by atoms with Crippen molar-refractivity contribution in [1.29, 1.82) is 5.26 Å². The zero-order valence-electron chi connectivity index (χ0n) is 17.4. The molecular weight excluding hydrogens is 399 g/mol. The number of halogens is 1. The van der Waals surface area contributed by atoms with E-state index < -0.39 is 17.1 Å². The van der Waals surface area contributed by atoms with Crippen molar-refractivity contribution in [3.05, 3.63) is 38.3 Å². The number of H-pyrrole nitrogens is 1. The third kappa shape index (κ3) is 2.58. The van der Waals surface area contributed by atoms with Gasteiger partial charge in [-0.2, -0.15) is 5.26 Å². The number of benzene rings is 1. The Morgan fingerprint density at radius 2 is 2.06 bits per heavy atom. The SMILES string of the molecule is Cc1c(N(CCC#N)N2C3CCC4C3CNC42)c(F)cc2c(=O)[nH]c(=O)n(C3CC3)c12. The predicted molar refractivity (Wildman–Crippen MR) is 113 cm³/mol.